The zero-order chi connectivity index (χ0) is 10.2. The first-order chi connectivity index (χ1) is 6.80. The van der Waals surface area contributed by atoms with Gasteiger partial charge in [0.15, 0.2) is 5.69 Å². The van der Waals surface area contributed by atoms with E-state index < -0.39 is 5.97 Å². The molecule has 0 radical (unpaired) electrons. The second-order valence-corrected chi connectivity index (χ2v) is 2.16. The van der Waals surface area contributed by atoms with Crippen molar-refractivity contribution in [3.8, 4) is 0 Å². The van der Waals surface area contributed by atoms with Gasteiger partial charge < -0.3 is 10.1 Å². The highest BCUT2D eigenvalue weighted by Gasteiger charge is 2.00. The summed E-state index contributed by atoms with van der Waals surface area (Å²) in [6.45, 7) is 0. The zero-order valence-corrected chi connectivity index (χ0v) is 7.16. The molecule has 72 valence electrons. The molecular weight excluding hydrogens is 184 g/mol. The molecule has 0 amide bonds. The summed E-state index contributed by atoms with van der Waals surface area (Å²) in [4.78, 5) is 23.6. The number of hydrogen-bond acceptors (Lipinski definition) is 4. The number of aromatic nitrogens is 4. The van der Waals surface area contributed by atoms with Crippen LogP contribution in [0.25, 0.3) is 0 Å². The van der Waals surface area contributed by atoms with E-state index in [1.165, 1.54) is 18.6 Å². The maximum atomic E-state index is 10.1. The van der Waals surface area contributed by atoms with Crippen LogP contribution in [0.15, 0.2) is 37.3 Å². The van der Waals surface area contributed by atoms with Gasteiger partial charge in [-0.05, 0) is 0 Å². The number of imidazole rings is 1. The molecule has 0 fully saturated rings. The molecule has 0 aliphatic carbocycles. The molecule has 14 heavy (non-hydrogen) atoms. The van der Waals surface area contributed by atoms with Gasteiger partial charge >= 0.3 is 5.97 Å². The van der Waals surface area contributed by atoms with Crippen LogP contribution in [0.1, 0.15) is 10.5 Å². The van der Waals surface area contributed by atoms with Crippen molar-refractivity contribution in [3.05, 3.63) is 43.0 Å². The summed E-state index contributed by atoms with van der Waals surface area (Å²) in [6.07, 6.45) is 9.04. The molecule has 6 heteroatoms. The molecule has 0 saturated heterocycles. The van der Waals surface area contributed by atoms with Gasteiger partial charge in [0.25, 0.3) is 0 Å². The average Bonchev–Trinajstić information content (AvgIpc) is 2.77. The van der Waals surface area contributed by atoms with Crippen LogP contribution in [0.3, 0.4) is 0 Å². The van der Waals surface area contributed by atoms with E-state index in [1.807, 2.05) is 0 Å². The third-order valence-electron chi connectivity index (χ3n) is 1.19. The number of carbonyl (C=O) groups is 1. The smallest absolute Gasteiger partial charge is 0.356 e. The summed E-state index contributed by atoms with van der Waals surface area (Å²) < 4.78 is 0. The molecule has 0 unspecified atom stereocenters. The van der Waals surface area contributed by atoms with Crippen LogP contribution >= 0.6 is 0 Å². The van der Waals surface area contributed by atoms with Gasteiger partial charge in [0.2, 0.25) is 0 Å². The first-order valence-corrected chi connectivity index (χ1v) is 3.73. The van der Waals surface area contributed by atoms with Crippen molar-refractivity contribution in [2.75, 3.05) is 0 Å². The van der Waals surface area contributed by atoms with Crippen LogP contribution in [0.2, 0.25) is 0 Å². The normalized spacial score (nSPS) is 8.57. The lowest BCUT2D eigenvalue weighted by atomic mass is 10.5. The van der Waals surface area contributed by atoms with Gasteiger partial charge in [0.1, 0.15) is 0 Å². The number of aromatic carboxylic acids is 1. The summed E-state index contributed by atoms with van der Waals surface area (Å²) in [7, 11) is 0. The fourth-order valence-electron chi connectivity index (χ4n) is 0.625. The Hall–Kier alpha value is -2.24. The maximum absolute atomic E-state index is 10.1. The van der Waals surface area contributed by atoms with Crippen molar-refractivity contribution in [3.63, 3.8) is 0 Å². The number of nitrogens with zero attached hydrogens (tertiary/aromatic N) is 3. The Balaban J connectivity index is 0.000000165. The van der Waals surface area contributed by atoms with E-state index in [0.29, 0.717) is 0 Å². The minimum atomic E-state index is -1.05. The minimum Gasteiger partial charge on any atom is -0.476 e. The molecule has 0 aliphatic rings. The fourth-order valence-corrected chi connectivity index (χ4v) is 0.625. The van der Waals surface area contributed by atoms with Gasteiger partial charge in [-0.1, -0.05) is 0 Å². The van der Waals surface area contributed by atoms with Gasteiger partial charge in [-0.25, -0.2) is 14.8 Å². The van der Waals surface area contributed by atoms with E-state index in [0.717, 1.165) is 0 Å². The third kappa shape index (κ3) is 3.44. The number of H-pyrrole nitrogens is 1. The first kappa shape index (κ1) is 9.85. The molecule has 0 spiro atoms. The average molecular weight is 192 g/mol. The third-order valence-corrected chi connectivity index (χ3v) is 1.19. The predicted molar refractivity (Wildman–Crippen MR) is 47.6 cm³/mol. The standard InChI is InChI=1S/C5H4N2O2.C3H4N2/c8-5(9)4-3-6-1-2-7-4;1-2-5-3-4-1/h1-3H,(H,8,9);1-3H,(H,4,5). The van der Waals surface area contributed by atoms with Crippen molar-refractivity contribution in [2.45, 2.75) is 0 Å². The lowest BCUT2D eigenvalue weighted by Crippen LogP contribution is -1.99. The second kappa shape index (κ2) is 5.41. The van der Waals surface area contributed by atoms with E-state index in [-0.39, 0.29) is 5.69 Å². The van der Waals surface area contributed by atoms with E-state index in [1.54, 1.807) is 18.7 Å². The Kier molecular flexibility index (Phi) is 3.81. The molecule has 6 nitrogen and oxygen atoms in total. The van der Waals surface area contributed by atoms with E-state index in [2.05, 4.69) is 19.9 Å². The lowest BCUT2D eigenvalue weighted by molar-refractivity contribution is 0.0690. The van der Waals surface area contributed by atoms with Gasteiger partial charge in [0.05, 0.1) is 12.5 Å². The molecule has 2 aromatic heterocycles. The number of hydrogen-bond donors (Lipinski definition) is 2. The molecule has 2 heterocycles. The topological polar surface area (TPSA) is 91.8 Å². The van der Waals surface area contributed by atoms with Crippen LogP contribution in [0.5, 0.6) is 0 Å². The van der Waals surface area contributed by atoms with Crippen LogP contribution in [-0.4, -0.2) is 31.0 Å². The van der Waals surface area contributed by atoms with E-state index >= 15 is 0 Å². The van der Waals surface area contributed by atoms with Crippen LogP contribution in [0.4, 0.5) is 0 Å². The Bertz CT molecular complexity index is 343. The van der Waals surface area contributed by atoms with E-state index in [9.17, 15) is 4.79 Å². The van der Waals surface area contributed by atoms with E-state index in [4.69, 9.17) is 5.11 Å². The molecule has 2 aromatic rings. The van der Waals surface area contributed by atoms with Crippen molar-refractivity contribution in [1.82, 2.24) is 19.9 Å². The molecule has 0 atom stereocenters. The summed E-state index contributed by atoms with van der Waals surface area (Å²) in [6, 6.07) is 0. The second-order valence-electron chi connectivity index (χ2n) is 2.16. The summed E-state index contributed by atoms with van der Waals surface area (Å²) in [5, 5.41) is 8.28. The Morgan fingerprint density at radius 3 is 2.43 bits per heavy atom. The highest BCUT2D eigenvalue weighted by molar-refractivity contribution is 5.84. The Labute approximate surface area is 79.7 Å². The number of carboxylic acids is 1. The van der Waals surface area contributed by atoms with Gasteiger partial charge in [-0.3, -0.25) is 4.98 Å². The maximum Gasteiger partial charge on any atom is 0.356 e. The van der Waals surface area contributed by atoms with Crippen molar-refractivity contribution in [2.24, 2.45) is 0 Å². The van der Waals surface area contributed by atoms with Crippen LogP contribution in [0, 0.1) is 0 Å². The lowest BCUT2D eigenvalue weighted by Gasteiger charge is -1.86. The molecule has 0 saturated carbocycles. The number of nitrogens with one attached hydrogen (secondary N) is 1. The summed E-state index contributed by atoms with van der Waals surface area (Å²) >= 11 is 0. The van der Waals surface area contributed by atoms with Crippen molar-refractivity contribution in [1.29, 1.82) is 0 Å². The van der Waals surface area contributed by atoms with Crippen molar-refractivity contribution < 1.29 is 9.90 Å². The molecule has 0 aromatic carbocycles. The number of carboxylic acid groups (broad SMARTS) is 1. The quantitative estimate of drug-likeness (QED) is 0.689. The molecule has 2 rings (SSSR count). The van der Waals surface area contributed by atoms with Crippen molar-refractivity contribution >= 4 is 5.97 Å². The Morgan fingerprint density at radius 1 is 1.29 bits per heavy atom. The Morgan fingerprint density at radius 2 is 2.14 bits per heavy atom. The van der Waals surface area contributed by atoms with Gasteiger partial charge in [0, 0.05) is 24.8 Å². The molecule has 0 aliphatic heterocycles. The van der Waals surface area contributed by atoms with Gasteiger partial charge in [-0.2, -0.15) is 0 Å². The SMILES string of the molecule is O=C(O)c1cnccn1.c1c[nH]cn1. The molecule has 2 N–H and O–H groups in total. The first-order valence-electron chi connectivity index (χ1n) is 3.73. The summed E-state index contributed by atoms with van der Waals surface area (Å²) in [5.41, 5.74) is -0.0301. The fraction of sp³-hybridized carbons (Fsp3) is 0. The zero-order valence-electron chi connectivity index (χ0n) is 7.16. The highest BCUT2D eigenvalue weighted by atomic mass is 16.4. The minimum absolute atomic E-state index is 0.0301. The molecule has 0 bridgehead atoms. The van der Waals surface area contributed by atoms with Crippen LogP contribution in [-0.2, 0) is 0 Å². The predicted octanol–water partition coefficient (Wildman–Crippen LogP) is 0.584. The summed E-state index contributed by atoms with van der Waals surface area (Å²) in [5.74, 6) is -1.05. The highest BCUT2D eigenvalue weighted by Crippen LogP contribution is 1.86. The molecular formula is C8H8N4O2. The largest absolute Gasteiger partial charge is 0.476 e. The number of rotatable bonds is 1. The monoisotopic (exact) mass is 192 g/mol. The van der Waals surface area contributed by atoms with Gasteiger partial charge in [-0.15, -0.1) is 0 Å². The van der Waals surface area contributed by atoms with Crippen LogP contribution < -0.4 is 0 Å². The number of aromatic amines is 1.